The Bertz CT molecular complexity index is 962. The van der Waals surface area contributed by atoms with Gasteiger partial charge in [-0.05, 0) is 42.6 Å². The number of rotatable bonds is 9. The molecule has 1 aromatic heterocycles. The number of anilines is 1. The summed E-state index contributed by atoms with van der Waals surface area (Å²) in [4.78, 5) is 13.6. The Kier molecular flexibility index (Phi) is 5.63. The van der Waals surface area contributed by atoms with Crippen LogP contribution in [0.3, 0.4) is 0 Å². The highest BCUT2D eigenvalue weighted by atomic mass is 16.1. The van der Waals surface area contributed by atoms with Crippen LogP contribution in [0, 0.1) is 0 Å². The Balaban J connectivity index is 1.30. The molecular formula is C23H28N4O. The monoisotopic (exact) mass is 376 g/mol. The summed E-state index contributed by atoms with van der Waals surface area (Å²) in [6, 6.07) is 17.1. The summed E-state index contributed by atoms with van der Waals surface area (Å²) in [7, 11) is 0. The van der Waals surface area contributed by atoms with E-state index in [2.05, 4.69) is 63.4 Å². The van der Waals surface area contributed by atoms with Gasteiger partial charge < -0.3 is 20.5 Å². The van der Waals surface area contributed by atoms with Crippen LogP contribution in [0.1, 0.15) is 24.0 Å². The number of fused-ring (bicyclic) bond motifs is 2. The van der Waals surface area contributed by atoms with Gasteiger partial charge in [-0.1, -0.05) is 36.4 Å². The van der Waals surface area contributed by atoms with E-state index in [0.29, 0.717) is 13.0 Å². The number of nitrogens with two attached hydrogens (primary N) is 1. The van der Waals surface area contributed by atoms with Crippen molar-refractivity contribution in [3.05, 3.63) is 65.9 Å². The maximum absolute atomic E-state index is 11.1. The van der Waals surface area contributed by atoms with Crippen molar-refractivity contribution in [1.29, 1.82) is 0 Å². The third-order valence-corrected chi connectivity index (χ3v) is 5.55. The summed E-state index contributed by atoms with van der Waals surface area (Å²) in [5.41, 5.74) is 10.6. The highest BCUT2D eigenvalue weighted by Gasteiger charge is 2.17. The summed E-state index contributed by atoms with van der Waals surface area (Å²) in [5.74, 6) is -0.263. The number of nitrogens with one attached hydrogen (secondary N) is 1. The molecule has 0 fully saturated rings. The number of amides is 1. The second-order valence-electron chi connectivity index (χ2n) is 7.48. The third kappa shape index (κ3) is 4.04. The number of primary amides is 1. The van der Waals surface area contributed by atoms with Crippen molar-refractivity contribution < 1.29 is 4.79 Å². The minimum Gasteiger partial charge on any atom is -0.371 e. The van der Waals surface area contributed by atoms with E-state index in [4.69, 9.17) is 5.73 Å². The average Bonchev–Trinajstić information content (AvgIpc) is 3.28. The number of hydrogen-bond donors (Lipinski definition) is 2. The largest absolute Gasteiger partial charge is 0.371 e. The molecule has 5 heteroatoms. The molecule has 2 aromatic carbocycles. The van der Waals surface area contributed by atoms with Gasteiger partial charge >= 0.3 is 0 Å². The Hall–Kier alpha value is -2.79. The lowest BCUT2D eigenvalue weighted by atomic mass is 10.2. The van der Waals surface area contributed by atoms with Gasteiger partial charge in [0.1, 0.15) is 0 Å². The molecule has 0 aliphatic carbocycles. The first-order valence-corrected chi connectivity index (χ1v) is 10.1. The molecule has 3 aromatic rings. The molecular weight excluding hydrogens is 348 g/mol. The number of aryl methyl sites for hydroxylation is 1. The van der Waals surface area contributed by atoms with Crippen LogP contribution in [-0.2, 0) is 24.3 Å². The van der Waals surface area contributed by atoms with E-state index in [-0.39, 0.29) is 5.91 Å². The molecule has 5 nitrogen and oxygen atoms in total. The molecule has 3 N–H and O–H groups in total. The molecule has 0 radical (unpaired) electrons. The minimum atomic E-state index is -0.263. The standard InChI is InChI=1S/C23H28N4O/c24-23(28)11-15-27-17-19(20-7-2-4-9-22(20)27)16-25-12-5-13-26-14-10-18-6-1-3-8-21(18)26/h1-4,6-9,17,25H,5,10-16H2,(H2,24,28). The highest BCUT2D eigenvalue weighted by Crippen LogP contribution is 2.27. The molecule has 1 aliphatic heterocycles. The van der Waals surface area contributed by atoms with E-state index in [1.807, 2.05) is 6.07 Å². The number of aromatic nitrogens is 1. The molecule has 2 heterocycles. The predicted molar refractivity (Wildman–Crippen MR) is 114 cm³/mol. The van der Waals surface area contributed by atoms with Crippen molar-refractivity contribution in [3.8, 4) is 0 Å². The number of nitrogens with zero attached hydrogens (tertiary/aromatic N) is 2. The Labute approximate surface area is 166 Å². The maximum Gasteiger partial charge on any atom is 0.219 e. The van der Waals surface area contributed by atoms with E-state index in [1.54, 1.807) is 0 Å². The summed E-state index contributed by atoms with van der Waals surface area (Å²) in [6.07, 6.45) is 4.79. The maximum atomic E-state index is 11.1. The quantitative estimate of drug-likeness (QED) is 0.564. The Morgan fingerprint density at radius 1 is 1.07 bits per heavy atom. The van der Waals surface area contributed by atoms with E-state index >= 15 is 0 Å². The Morgan fingerprint density at radius 2 is 1.89 bits per heavy atom. The highest BCUT2D eigenvalue weighted by molar-refractivity contribution is 5.84. The molecule has 1 aliphatic rings. The van der Waals surface area contributed by atoms with Crippen molar-refractivity contribution in [2.45, 2.75) is 32.4 Å². The van der Waals surface area contributed by atoms with Gasteiger partial charge in [-0.25, -0.2) is 0 Å². The topological polar surface area (TPSA) is 63.3 Å². The molecule has 1 amide bonds. The van der Waals surface area contributed by atoms with Crippen LogP contribution in [-0.4, -0.2) is 30.1 Å². The molecule has 0 saturated carbocycles. The molecule has 28 heavy (non-hydrogen) atoms. The van der Waals surface area contributed by atoms with Crippen LogP contribution in [0.25, 0.3) is 10.9 Å². The van der Waals surface area contributed by atoms with Gasteiger partial charge in [0.05, 0.1) is 0 Å². The molecule has 0 bridgehead atoms. The van der Waals surface area contributed by atoms with Crippen molar-refractivity contribution in [3.63, 3.8) is 0 Å². The number of carbonyl (C=O) groups excluding carboxylic acids is 1. The second-order valence-corrected chi connectivity index (χ2v) is 7.48. The van der Waals surface area contributed by atoms with E-state index in [0.717, 1.165) is 44.5 Å². The summed E-state index contributed by atoms with van der Waals surface area (Å²) in [6.45, 7) is 4.67. The van der Waals surface area contributed by atoms with Crippen LogP contribution in [0.5, 0.6) is 0 Å². The molecule has 0 saturated heterocycles. The normalized spacial score (nSPS) is 13.2. The first-order valence-electron chi connectivity index (χ1n) is 10.1. The summed E-state index contributed by atoms with van der Waals surface area (Å²) in [5, 5.41) is 4.83. The second kappa shape index (κ2) is 8.48. The number of para-hydroxylation sites is 2. The molecule has 146 valence electrons. The molecule has 0 unspecified atom stereocenters. The zero-order chi connectivity index (χ0) is 19.3. The lowest BCUT2D eigenvalue weighted by Crippen LogP contribution is -2.25. The fourth-order valence-electron chi connectivity index (χ4n) is 4.14. The lowest BCUT2D eigenvalue weighted by Gasteiger charge is -2.19. The van der Waals surface area contributed by atoms with Crippen LogP contribution in [0.2, 0.25) is 0 Å². The number of benzene rings is 2. The van der Waals surface area contributed by atoms with Gasteiger partial charge in [0.25, 0.3) is 0 Å². The molecule has 4 rings (SSSR count). The minimum absolute atomic E-state index is 0.263. The fourth-order valence-corrected chi connectivity index (χ4v) is 4.14. The van der Waals surface area contributed by atoms with E-state index in [9.17, 15) is 4.79 Å². The predicted octanol–water partition coefficient (Wildman–Crippen LogP) is 3.06. The van der Waals surface area contributed by atoms with Crippen molar-refractivity contribution in [2.75, 3.05) is 24.5 Å². The summed E-state index contributed by atoms with van der Waals surface area (Å²) < 4.78 is 2.14. The third-order valence-electron chi connectivity index (χ3n) is 5.55. The Morgan fingerprint density at radius 3 is 2.79 bits per heavy atom. The average molecular weight is 377 g/mol. The zero-order valence-corrected chi connectivity index (χ0v) is 16.2. The molecule has 0 spiro atoms. The van der Waals surface area contributed by atoms with Crippen molar-refractivity contribution in [2.24, 2.45) is 5.73 Å². The van der Waals surface area contributed by atoms with Crippen molar-refractivity contribution in [1.82, 2.24) is 9.88 Å². The smallest absolute Gasteiger partial charge is 0.219 e. The number of carbonyl (C=O) groups is 1. The first-order chi connectivity index (χ1) is 13.7. The van der Waals surface area contributed by atoms with E-state index in [1.165, 1.54) is 22.2 Å². The van der Waals surface area contributed by atoms with Crippen LogP contribution in [0.4, 0.5) is 5.69 Å². The van der Waals surface area contributed by atoms with Crippen LogP contribution >= 0.6 is 0 Å². The van der Waals surface area contributed by atoms with Crippen LogP contribution < -0.4 is 16.0 Å². The fraction of sp³-hybridized carbons (Fsp3) is 0.348. The van der Waals surface area contributed by atoms with E-state index < -0.39 is 0 Å². The SMILES string of the molecule is NC(=O)CCn1cc(CNCCCN2CCc3ccccc32)c2ccccc21. The van der Waals surface area contributed by atoms with Crippen LogP contribution in [0.15, 0.2) is 54.7 Å². The van der Waals surface area contributed by atoms with Gasteiger partial charge in [-0.3, -0.25) is 4.79 Å². The molecule has 0 atom stereocenters. The van der Waals surface area contributed by atoms with Gasteiger partial charge in [0.15, 0.2) is 0 Å². The first kappa shape index (κ1) is 18.6. The zero-order valence-electron chi connectivity index (χ0n) is 16.2. The van der Waals surface area contributed by atoms with Gasteiger partial charge in [-0.2, -0.15) is 0 Å². The van der Waals surface area contributed by atoms with Gasteiger partial charge in [0, 0.05) is 55.4 Å². The van der Waals surface area contributed by atoms with Crippen molar-refractivity contribution >= 4 is 22.5 Å². The summed E-state index contributed by atoms with van der Waals surface area (Å²) >= 11 is 0. The number of hydrogen-bond acceptors (Lipinski definition) is 3. The van der Waals surface area contributed by atoms with Gasteiger partial charge in [0.2, 0.25) is 5.91 Å². The van der Waals surface area contributed by atoms with Gasteiger partial charge in [-0.15, -0.1) is 0 Å². The lowest BCUT2D eigenvalue weighted by molar-refractivity contribution is -0.118.